The van der Waals surface area contributed by atoms with Crippen molar-refractivity contribution < 1.29 is 9.69 Å². The second kappa shape index (κ2) is 8.13. The molecule has 23 heavy (non-hydrogen) atoms. The molecular weight excluding hydrogens is 312 g/mol. The highest BCUT2D eigenvalue weighted by molar-refractivity contribution is 6.32. The Labute approximate surface area is 142 Å². The van der Waals surface area contributed by atoms with Gasteiger partial charge in [-0.25, -0.2) is 4.68 Å². The molecule has 5 nitrogen and oxygen atoms in total. The number of nitrogens with zero attached hydrogens (tertiary/aromatic N) is 2. The molecule has 6 heteroatoms. The number of carbonyl (C=O) groups is 1. The molecule has 0 aliphatic heterocycles. The van der Waals surface area contributed by atoms with Gasteiger partial charge in [-0.15, -0.1) is 0 Å². The van der Waals surface area contributed by atoms with Crippen LogP contribution in [0.2, 0.25) is 5.02 Å². The zero-order valence-electron chi connectivity index (χ0n) is 13.9. The van der Waals surface area contributed by atoms with Crippen LogP contribution in [0.3, 0.4) is 0 Å². The molecular formula is C17H24ClN4O+. The molecule has 0 bridgehead atoms. The van der Waals surface area contributed by atoms with Crippen molar-refractivity contribution in [3.63, 3.8) is 0 Å². The summed E-state index contributed by atoms with van der Waals surface area (Å²) in [5.74, 6) is -0.0759. The lowest BCUT2D eigenvalue weighted by Gasteiger charge is -2.11. The molecule has 1 aromatic carbocycles. The Balaban J connectivity index is 2.28. The third-order valence-corrected chi connectivity index (χ3v) is 3.91. The third-order valence-electron chi connectivity index (χ3n) is 3.59. The van der Waals surface area contributed by atoms with Gasteiger partial charge >= 0.3 is 0 Å². The van der Waals surface area contributed by atoms with Gasteiger partial charge in [-0.05, 0) is 18.6 Å². The normalized spacial score (nSPS) is 11.0. The molecule has 0 aliphatic carbocycles. The number of para-hydroxylation sites is 1. The fourth-order valence-corrected chi connectivity index (χ4v) is 2.61. The quantitative estimate of drug-likeness (QED) is 0.802. The highest BCUT2D eigenvalue weighted by Gasteiger charge is 2.18. The Hall–Kier alpha value is -1.85. The van der Waals surface area contributed by atoms with E-state index >= 15 is 0 Å². The SMILES string of the molecule is CCCc1c(C(=O)NCC[NH+](C)C)cnn1-c1ccccc1Cl. The molecule has 0 radical (unpaired) electrons. The van der Waals surface area contributed by atoms with E-state index in [1.165, 1.54) is 4.90 Å². The number of hydrogen-bond donors (Lipinski definition) is 2. The molecule has 124 valence electrons. The van der Waals surface area contributed by atoms with Crippen LogP contribution in [0.4, 0.5) is 0 Å². The van der Waals surface area contributed by atoms with Crippen LogP contribution in [0.25, 0.3) is 5.69 Å². The summed E-state index contributed by atoms with van der Waals surface area (Å²) >= 11 is 6.27. The molecule has 0 spiro atoms. The second-order valence-corrected chi connectivity index (χ2v) is 6.24. The Morgan fingerprint density at radius 3 is 2.74 bits per heavy atom. The number of halogens is 1. The smallest absolute Gasteiger partial charge is 0.254 e. The summed E-state index contributed by atoms with van der Waals surface area (Å²) in [5, 5.41) is 7.98. The monoisotopic (exact) mass is 335 g/mol. The average molecular weight is 336 g/mol. The van der Waals surface area contributed by atoms with Gasteiger partial charge in [0, 0.05) is 0 Å². The molecule has 0 saturated carbocycles. The van der Waals surface area contributed by atoms with Gasteiger partial charge in [0.05, 0.1) is 55.3 Å². The van der Waals surface area contributed by atoms with E-state index in [2.05, 4.69) is 31.4 Å². The van der Waals surface area contributed by atoms with E-state index in [0.29, 0.717) is 17.1 Å². The first-order valence-electron chi connectivity index (χ1n) is 7.93. The number of hydrogen-bond acceptors (Lipinski definition) is 2. The maximum Gasteiger partial charge on any atom is 0.254 e. The molecule has 1 aromatic heterocycles. The molecule has 0 saturated heterocycles. The Morgan fingerprint density at radius 1 is 1.35 bits per heavy atom. The van der Waals surface area contributed by atoms with Crippen molar-refractivity contribution in [1.29, 1.82) is 0 Å². The van der Waals surface area contributed by atoms with Gasteiger partial charge in [0.2, 0.25) is 0 Å². The van der Waals surface area contributed by atoms with E-state index in [4.69, 9.17) is 11.6 Å². The van der Waals surface area contributed by atoms with Gasteiger partial charge in [0.1, 0.15) is 0 Å². The van der Waals surface area contributed by atoms with Gasteiger partial charge < -0.3 is 10.2 Å². The van der Waals surface area contributed by atoms with E-state index in [-0.39, 0.29) is 5.91 Å². The molecule has 0 unspecified atom stereocenters. The van der Waals surface area contributed by atoms with Crippen LogP contribution >= 0.6 is 11.6 Å². The van der Waals surface area contributed by atoms with Crippen LogP contribution < -0.4 is 10.2 Å². The third kappa shape index (κ3) is 4.33. The van der Waals surface area contributed by atoms with Gasteiger partial charge in [0.15, 0.2) is 0 Å². The van der Waals surface area contributed by atoms with Crippen LogP contribution in [0.1, 0.15) is 29.4 Å². The Bertz CT molecular complexity index is 666. The minimum Gasteiger partial charge on any atom is -0.346 e. The topological polar surface area (TPSA) is 51.4 Å². The van der Waals surface area contributed by atoms with Gasteiger partial charge in [-0.1, -0.05) is 37.1 Å². The first kappa shape index (κ1) is 17.5. The predicted molar refractivity (Wildman–Crippen MR) is 92.6 cm³/mol. The minimum atomic E-state index is -0.0759. The summed E-state index contributed by atoms with van der Waals surface area (Å²) in [5.41, 5.74) is 2.32. The predicted octanol–water partition coefficient (Wildman–Crippen LogP) is 1.35. The summed E-state index contributed by atoms with van der Waals surface area (Å²) in [6, 6.07) is 7.53. The number of likely N-dealkylation sites (N-methyl/N-ethyl adjacent to an activating group) is 1. The number of amides is 1. The molecule has 0 atom stereocenters. The number of nitrogens with one attached hydrogen (secondary N) is 2. The lowest BCUT2D eigenvalue weighted by atomic mass is 10.1. The molecule has 1 heterocycles. The van der Waals surface area contributed by atoms with Crippen LogP contribution in [-0.2, 0) is 6.42 Å². The van der Waals surface area contributed by atoms with Crippen LogP contribution in [0.15, 0.2) is 30.5 Å². The molecule has 0 fully saturated rings. The highest BCUT2D eigenvalue weighted by Crippen LogP contribution is 2.23. The molecule has 2 rings (SSSR count). The van der Waals surface area contributed by atoms with Crippen LogP contribution in [-0.4, -0.2) is 42.9 Å². The molecule has 1 amide bonds. The lowest BCUT2D eigenvalue weighted by Crippen LogP contribution is -3.06. The molecule has 2 aromatic rings. The van der Waals surface area contributed by atoms with E-state index < -0.39 is 0 Å². The maximum absolute atomic E-state index is 12.4. The zero-order valence-corrected chi connectivity index (χ0v) is 14.7. The fraction of sp³-hybridized carbons (Fsp3) is 0.412. The average Bonchev–Trinajstić information content (AvgIpc) is 2.91. The van der Waals surface area contributed by atoms with Gasteiger partial charge in [-0.3, -0.25) is 4.79 Å². The summed E-state index contributed by atoms with van der Waals surface area (Å²) in [4.78, 5) is 13.7. The van der Waals surface area contributed by atoms with E-state index in [9.17, 15) is 4.79 Å². The van der Waals surface area contributed by atoms with Crippen molar-refractivity contribution in [2.24, 2.45) is 0 Å². The molecule has 0 aliphatic rings. The standard InChI is InChI=1S/C17H23ClN4O/c1-4-7-15-13(17(23)19-10-11-21(2)3)12-20-22(15)16-9-6-5-8-14(16)18/h5-6,8-9,12H,4,7,10-11H2,1-3H3,(H,19,23)/p+1. The van der Waals surface area contributed by atoms with E-state index in [1.54, 1.807) is 10.9 Å². The van der Waals surface area contributed by atoms with Crippen molar-refractivity contribution >= 4 is 17.5 Å². The lowest BCUT2D eigenvalue weighted by molar-refractivity contribution is -0.856. The first-order valence-corrected chi connectivity index (χ1v) is 8.31. The van der Waals surface area contributed by atoms with Gasteiger partial charge in [-0.2, -0.15) is 5.10 Å². The van der Waals surface area contributed by atoms with Gasteiger partial charge in [0.25, 0.3) is 5.91 Å². The summed E-state index contributed by atoms with van der Waals surface area (Å²) in [6.07, 6.45) is 3.33. The second-order valence-electron chi connectivity index (χ2n) is 5.83. The number of aromatic nitrogens is 2. The Morgan fingerprint density at radius 2 is 2.09 bits per heavy atom. The van der Waals surface area contributed by atoms with E-state index in [1.807, 2.05) is 24.3 Å². The number of quaternary nitrogens is 1. The maximum atomic E-state index is 12.4. The minimum absolute atomic E-state index is 0.0759. The van der Waals surface area contributed by atoms with Crippen LogP contribution in [0.5, 0.6) is 0 Å². The Kier molecular flexibility index (Phi) is 6.19. The summed E-state index contributed by atoms with van der Waals surface area (Å²) < 4.78 is 1.78. The largest absolute Gasteiger partial charge is 0.346 e. The summed E-state index contributed by atoms with van der Waals surface area (Å²) in [6.45, 7) is 3.61. The zero-order chi connectivity index (χ0) is 16.8. The number of carbonyl (C=O) groups excluding carboxylic acids is 1. The highest BCUT2D eigenvalue weighted by atomic mass is 35.5. The van der Waals surface area contributed by atoms with Crippen molar-refractivity contribution in [1.82, 2.24) is 15.1 Å². The number of benzene rings is 1. The first-order chi connectivity index (χ1) is 11.0. The van der Waals surface area contributed by atoms with Crippen molar-refractivity contribution in [3.05, 3.63) is 46.7 Å². The van der Waals surface area contributed by atoms with Crippen molar-refractivity contribution in [2.75, 3.05) is 27.2 Å². The van der Waals surface area contributed by atoms with E-state index in [0.717, 1.165) is 30.8 Å². The van der Waals surface area contributed by atoms with Crippen molar-refractivity contribution in [2.45, 2.75) is 19.8 Å². The van der Waals surface area contributed by atoms with Crippen LogP contribution in [0, 0.1) is 0 Å². The van der Waals surface area contributed by atoms with Crippen molar-refractivity contribution in [3.8, 4) is 5.69 Å². The molecule has 2 N–H and O–H groups in total. The summed E-state index contributed by atoms with van der Waals surface area (Å²) in [7, 11) is 4.12. The number of rotatable bonds is 7. The fourth-order valence-electron chi connectivity index (χ4n) is 2.39.